The van der Waals surface area contributed by atoms with Crippen molar-refractivity contribution in [3.05, 3.63) is 11.6 Å². The van der Waals surface area contributed by atoms with Gasteiger partial charge in [-0.3, -0.25) is 0 Å². The van der Waals surface area contributed by atoms with Crippen LogP contribution >= 0.6 is 0 Å². The van der Waals surface area contributed by atoms with E-state index in [0.717, 1.165) is 5.92 Å². The zero-order valence-electron chi connectivity index (χ0n) is 9.78. The molecule has 0 bridgehead atoms. The predicted molar refractivity (Wildman–Crippen MR) is 59.5 cm³/mol. The van der Waals surface area contributed by atoms with E-state index in [1.54, 1.807) is 5.57 Å². The van der Waals surface area contributed by atoms with Crippen LogP contribution in [0.4, 0.5) is 0 Å². The predicted octanol–water partition coefficient (Wildman–Crippen LogP) is 4.81. The molecule has 1 rings (SSSR count). The van der Waals surface area contributed by atoms with Gasteiger partial charge >= 0.3 is 0 Å². The summed E-state index contributed by atoms with van der Waals surface area (Å²) in [6, 6.07) is 0. The summed E-state index contributed by atoms with van der Waals surface area (Å²) >= 11 is 0. The Morgan fingerprint density at radius 1 is 1.17 bits per heavy atom. The highest BCUT2D eigenvalue weighted by molar-refractivity contribution is 5.02. The summed E-state index contributed by atoms with van der Waals surface area (Å²) in [5, 5.41) is 0. The van der Waals surface area contributed by atoms with E-state index in [9.17, 15) is 0 Å². The molecule has 0 nitrogen and oxygen atoms in total. The van der Waals surface area contributed by atoms with Crippen LogP contribution in [0.1, 0.15) is 60.8 Å². The first-order valence-electron chi connectivity index (χ1n) is 5.44. The van der Waals surface area contributed by atoms with Crippen molar-refractivity contribution in [3.8, 4) is 0 Å². The van der Waals surface area contributed by atoms with E-state index in [-0.39, 0.29) is 0 Å². The second-order valence-corrected chi connectivity index (χ2v) is 2.94. The number of hydrogen-bond donors (Lipinski definition) is 0. The molecule has 0 aliphatic heterocycles. The largest absolute Gasteiger partial charge is 0.0856 e. The van der Waals surface area contributed by atoms with Gasteiger partial charge in [0.05, 0.1) is 0 Å². The summed E-state index contributed by atoms with van der Waals surface area (Å²) in [6.07, 6.45) is 6.41. The highest BCUT2D eigenvalue weighted by Crippen LogP contribution is 2.22. The van der Waals surface area contributed by atoms with Crippen molar-refractivity contribution in [2.75, 3.05) is 0 Å². The maximum Gasteiger partial charge on any atom is -0.0297 e. The van der Waals surface area contributed by atoms with Crippen LogP contribution in [-0.4, -0.2) is 0 Å². The molecule has 0 aromatic carbocycles. The fourth-order valence-corrected chi connectivity index (χ4v) is 1.35. The average molecular weight is 170 g/mol. The lowest BCUT2D eigenvalue weighted by molar-refractivity contribution is 0.510. The molecule has 0 aromatic rings. The van der Waals surface area contributed by atoms with Crippen LogP contribution in [0.3, 0.4) is 0 Å². The highest BCUT2D eigenvalue weighted by Gasteiger charge is 2.05. The minimum atomic E-state index is 0.944. The Hall–Kier alpha value is -0.260. The van der Waals surface area contributed by atoms with E-state index in [0.29, 0.717) is 0 Å². The van der Waals surface area contributed by atoms with Gasteiger partial charge in [0.25, 0.3) is 0 Å². The molecule has 0 saturated heterocycles. The monoisotopic (exact) mass is 170 g/mol. The molecule has 0 N–H and O–H groups in total. The van der Waals surface area contributed by atoms with E-state index >= 15 is 0 Å². The molecule has 0 aromatic heterocycles. The minimum Gasteiger partial charge on any atom is -0.0856 e. The van der Waals surface area contributed by atoms with Crippen LogP contribution in [-0.2, 0) is 0 Å². The van der Waals surface area contributed by atoms with Crippen molar-refractivity contribution in [1.29, 1.82) is 0 Å². The standard InChI is InChI=1S/C8H14.2C2H6/c1-7-4-3-5-8(2)6-7;2*1-2/h4,8H,3,5-6H2,1-2H3;2*1-2H3. The first-order valence-corrected chi connectivity index (χ1v) is 5.44. The second-order valence-electron chi connectivity index (χ2n) is 2.94. The fraction of sp³-hybridized carbons (Fsp3) is 0.833. The van der Waals surface area contributed by atoms with Crippen LogP contribution in [0.5, 0.6) is 0 Å². The topological polar surface area (TPSA) is 0 Å². The van der Waals surface area contributed by atoms with Gasteiger partial charge in [-0.05, 0) is 32.1 Å². The number of hydrogen-bond acceptors (Lipinski definition) is 0. The van der Waals surface area contributed by atoms with Gasteiger partial charge in [0.2, 0.25) is 0 Å². The van der Waals surface area contributed by atoms with E-state index < -0.39 is 0 Å². The molecule has 0 radical (unpaired) electrons. The first-order chi connectivity index (χ1) is 5.79. The number of rotatable bonds is 0. The van der Waals surface area contributed by atoms with Crippen LogP contribution in [0.15, 0.2) is 11.6 Å². The molecule has 0 heterocycles. The molecule has 1 atom stereocenters. The third-order valence-electron chi connectivity index (χ3n) is 1.82. The molecule has 1 aliphatic rings. The molecular weight excluding hydrogens is 144 g/mol. The van der Waals surface area contributed by atoms with Crippen LogP contribution < -0.4 is 0 Å². The molecule has 12 heavy (non-hydrogen) atoms. The van der Waals surface area contributed by atoms with Crippen molar-refractivity contribution < 1.29 is 0 Å². The van der Waals surface area contributed by atoms with Gasteiger partial charge in [-0.1, -0.05) is 46.3 Å². The zero-order valence-corrected chi connectivity index (χ0v) is 9.78. The summed E-state index contributed by atoms with van der Waals surface area (Å²) in [7, 11) is 0. The maximum absolute atomic E-state index is 2.36. The average Bonchev–Trinajstić information content (AvgIpc) is 2.11. The molecule has 74 valence electrons. The number of allylic oxidation sites excluding steroid dienone is 2. The third-order valence-corrected chi connectivity index (χ3v) is 1.82. The summed E-state index contributed by atoms with van der Waals surface area (Å²) in [5.74, 6) is 0.944. The molecule has 0 amide bonds. The SMILES string of the molecule is CC.CC.CC1=CCCC(C)C1. The van der Waals surface area contributed by atoms with Gasteiger partial charge in [0.1, 0.15) is 0 Å². The first kappa shape index (κ1) is 14.3. The van der Waals surface area contributed by atoms with E-state index in [1.165, 1.54) is 19.3 Å². The lowest BCUT2D eigenvalue weighted by Gasteiger charge is -2.15. The Morgan fingerprint density at radius 3 is 1.92 bits per heavy atom. The van der Waals surface area contributed by atoms with Gasteiger partial charge in [0.15, 0.2) is 0 Å². The Kier molecular flexibility index (Phi) is 12.8. The molecule has 1 aliphatic carbocycles. The van der Waals surface area contributed by atoms with Gasteiger partial charge in [-0.15, -0.1) is 0 Å². The van der Waals surface area contributed by atoms with Crippen molar-refractivity contribution in [2.45, 2.75) is 60.8 Å². The van der Waals surface area contributed by atoms with Gasteiger partial charge < -0.3 is 0 Å². The van der Waals surface area contributed by atoms with Crippen LogP contribution in [0, 0.1) is 5.92 Å². The summed E-state index contributed by atoms with van der Waals surface area (Å²) in [6.45, 7) is 12.6. The highest BCUT2D eigenvalue weighted by atomic mass is 14.1. The Bertz CT molecular complexity index is 101. The Labute approximate surface area is 79.1 Å². The molecule has 0 saturated carbocycles. The van der Waals surface area contributed by atoms with E-state index in [1.807, 2.05) is 27.7 Å². The smallest absolute Gasteiger partial charge is 0.0297 e. The lowest BCUT2D eigenvalue weighted by Crippen LogP contribution is -1.99. The fourth-order valence-electron chi connectivity index (χ4n) is 1.35. The van der Waals surface area contributed by atoms with Gasteiger partial charge in [-0.25, -0.2) is 0 Å². The van der Waals surface area contributed by atoms with E-state index in [2.05, 4.69) is 19.9 Å². The van der Waals surface area contributed by atoms with Crippen molar-refractivity contribution in [3.63, 3.8) is 0 Å². The van der Waals surface area contributed by atoms with Crippen molar-refractivity contribution in [1.82, 2.24) is 0 Å². The molecular formula is C12H26. The Morgan fingerprint density at radius 2 is 1.67 bits per heavy atom. The van der Waals surface area contributed by atoms with E-state index in [4.69, 9.17) is 0 Å². The molecule has 0 heteroatoms. The second kappa shape index (κ2) is 10.7. The van der Waals surface area contributed by atoms with Gasteiger partial charge in [-0.2, -0.15) is 0 Å². The quantitative estimate of drug-likeness (QED) is 0.458. The normalized spacial score (nSPS) is 20.8. The Balaban J connectivity index is 0. The van der Waals surface area contributed by atoms with Crippen molar-refractivity contribution >= 4 is 0 Å². The maximum atomic E-state index is 2.36. The minimum absolute atomic E-state index is 0.944. The third kappa shape index (κ3) is 7.84. The molecule has 1 unspecified atom stereocenters. The van der Waals surface area contributed by atoms with Crippen LogP contribution in [0.2, 0.25) is 0 Å². The van der Waals surface area contributed by atoms with Crippen molar-refractivity contribution in [2.24, 2.45) is 5.92 Å². The summed E-state index contributed by atoms with van der Waals surface area (Å²) < 4.78 is 0. The van der Waals surface area contributed by atoms with Gasteiger partial charge in [0, 0.05) is 0 Å². The van der Waals surface area contributed by atoms with Crippen LogP contribution in [0.25, 0.3) is 0 Å². The summed E-state index contributed by atoms with van der Waals surface area (Å²) in [4.78, 5) is 0. The summed E-state index contributed by atoms with van der Waals surface area (Å²) in [5.41, 5.74) is 1.59. The lowest BCUT2D eigenvalue weighted by atomic mass is 9.91. The zero-order chi connectivity index (χ0) is 9.98. The molecule has 0 spiro atoms. The molecule has 0 fully saturated rings.